The number of benzene rings is 1. The summed E-state index contributed by atoms with van der Waals surface area (Å²) in [6.07, 6.45) is 1.21. The molecule has 0 radical (unpaired) electrons. The Morgan fingerprint density at radius 1 is 1.17 bits per heavy atom. The third kappa shape index (κ3) is 8.57. The lowest BCUT2D eigenvalue weighted by molar-refractivity contribution is 0.354. The Balaban J connectivity index is 0.00000529. The van der Waals surface area contributed by atoms with Gasteiger partial charge in [-0.25, -0.2) is 13.4 Å². The predicted octanol–water partition coefficient (Wildman–Crippen LogP) is 1.42. The second-order valence-corrected chi connectivity index (χ2v) is 7.20. The summed E-state index contributed by atoms with van der Waals surface area (Å²) < 4.78 is 32.8. The van der Waals surface area contributed by atoms with E-state index in [1.165, 1.54) is 6.26 Å². The number of hydrogen-bond donors (Lipinski definition) is 2. The van der Waals surface area contributed by atoms with E-state index in [0.717, 1.165) is 5.56 Å². The molecule has 0 aromatic heterocycles. The summed E-state index contributed by atoms with van der Waals surface area (Å²) in [5.41, 5.74) is 0.961. The standard InChI is InChI=1S/C15H25N3O4S.HI/c1-5-16-15(17-8-9-23(4,19)20)18-11-12-6-7-13(21-2)14(10-12)22-3;/h6-7,10H,5,8-9,11H2,1-4H3,(H2,16,17,18);1H. The fraction of sp³-hybridized carbons (Fsp3) is 0.533. The van der Waals surface area contributed by atoms with Gasteiger partial charge in [-0.05, 0) is 24.6 Å². The molecule has 2 N–H and O–H groups in total. The number of rotatable bonds is 8. The summed E-state index contributed by atoms with van der Waals surface area (Å²) >= 11 is 0. The molecule has 1 rings (SSSR count). The molecule has 1 aromatic rings. The number of methoxy groups -OCH3 is 2. The molecule has 0 saturated carbocycles. The summed E-state index contributed by atoms with van der Waals surface area (Å²) in [5.74, 6) is 1.95. The number of aliphatic imine (C=N–C) groups is 1. The van der Waals surface area contributed by atoms with Crippen LogP contribution in [-0.2, 0) is 16.4 Å². The highest BCUT2D eigenvalue weighted by Gasteiger charge is 2.06. The predicted molar refractivity (Wildman–Crippen MR) is 107 cm³/mol. The highest BCUT2D eigenvalue weighted by Crippen LogP contribution is 2.27. The maximum atomic E-state index is 11.2. The van der Waals surface area contributed by atoms with Crippen LogP contribution in [0.4, 0.5) is 0 Å². The highest BCUT2D eigenvalue weighted by atomic mass is 127. The Hall–Kier alpha value is -1.23. The van der Waals surface area contributed by atoms with Gasteiger partial charge in [0.1, 0.15) is 9.84 Å². The van der Waals surface area contributed by atoms with Crippen LogP contribution in [0.3, 0.4) is 0 Å². The smallest absolute Gasteiger partial charge is 0.191 e. The summed E-state index contributed by atoms with van der Waals surface area (Å²) in [5, 5.41) is 6.08. The van der Waals surface area contributed by atoms with E-state index in [2.05, 4.69) is 15.6 Å². The van der Waals surface area contributed by atoms with Crippen molar-refractivity contribution in [3.05, 3.63) is 23.8 Å². The van der Waals surface area contributed by atoms with Gasteiger partial charge in [-0.15, -0.1) is 24.0 Å². The summed E-state index contributed by atoms with van der Waals surface area (Å²) in [4.78, 5) is 4.44. The monoisotopic (exact) mass is 471 g/mol. The van der Waals surface area contributed by atoms with Crippen LogP contribution in [0.1, 0.15) is 12.5 Å². The van der Waals surface area contributed by atoms with E-state index >= 15 is 0 Å². The molecule has 7 nitrogen and oxygen atoms in total. The molecule has 0 fully saturated rings. The maximum absolute atomic E-state index is 11.2. The number of hydrogen-bond acceptors (Lipinski definition) is 5. The lowest BCUT2D eigenvalue weighted by atomic mass is 10.2. The Kier molecular flexibility index (Phi) is 10.8. The zero-order valence-corrected chi connectivity index (χ0v) is 17.6. The normalized spacial score (nSPS) is 11.4. The Bertz CT molecular complexity index is 636. The van der Waals surface area contributed by atoms with Gasteiger partial charge in [0.2, 0.25) is 0 Å². The summed E-state index contributed by atoms with van der Waals surface area (Å²) in [7, 11) is 0.179. The largest absolute Gasteiger partial charge is 0.493 e. The lowest BCUT2D eigenvalue weighted by Crippen LogP contribution is -2.39. The Morgan fingerprint density at radius 2 is 1.83 bits per heavy atom. The summed E-state index contributed by atoms with van der Waals surface area (Å²) in [6.45, 7) is 3.39. The fourth-order valence-electron chi connectivity index (χ4n) is 1.85. The third-order valence-electron chi connectivity index (χ3n) is 2.98. The molecule has 0 unspecified atom stereocenters. The van der Waals surface area contributed by atoms with Gasteiger partial charge in [-0.3, -0.25) is 0 Å². The van der Waals surface area contributed by atoms with Crippen molar-refractivity contribution in [2.75, 3.05) is 39.3 Å². The first kappa shape index (κ1) is 22.8. The SMILES string of the molecule is CCNC(=NCc1ccc(OC)c(OC)c1)NCCS(C)(=O)=O.I. The molecular weight excluding hydrogens is 445 g/mol. The van der Waals surface area contributed by atoms with E-state index in [1.54, 1.807) is 14.2 Å². The molecule has 9 heteroatoms. The van der Waals surface area contributed by atoms with Crippen LogP contribution in [0, 0.1) is 0 Å². The molecule has 0 saturated heterocycles. The molecule has 0 aliphatic heterocycles. The van der Waals surface area contributed by atoms with E-state index in [4.69, 9.17) is 9.47 Å². The molecule has 24 heavy (non-hydrogen) atoms. The van der Waals surface area contributed by atoms with Gasteiger partial charge >= 0.3 is 0 Å². The van der Waals surface area contributed by atoms with E-state index < -0.39 is 9.84 Å². The minimum absolute atomic E-state index is 0. The van der Waals surface area contributed by atoms with Crippen LogP contribution in [0.2, 0.25) is 0 Å². The number of nitrogens with zero attached hydrogens (tertiary/aromatic N) is 1. The van der Waals surface area contributed by atoms with Gasteiger partial charge in [-0.2, -0.15) is 0 Å². The van der Waals surface area contributed by atoms with Gasteiger partial charge in [0.05, 0.1) is 26.5 Å². The quantitative estimate of drug-likeness (QED) is 0.339. The average Bonchev–Trinajstić information content (AvgIpc) is 2.51. The molecule has 0 heterocycles. The van der Waals surface area contributed by atoms with Crippen LogP contribution < -0.4 is 20.1 Å². The van der Waals surface area contributed by atoms with Crippen LogP contribution in [-0.4, -0.2) is 53.7 Å². The van der Waals surface area contributed by atoms with Crippen molar-refractivity contribution in [3.63, 3.8) is 0 Å². The Morgan fingerprint density at radius 3 is 2.38 bits per heavy atom. The number of halogens is 1. The van der Waals surface area contributed by atoms with Gasteiger partial charge in [0.15, 0.2) is 17.5 Å². The molecule has 0 aliphatic carbocycles. The van der Waals surface area contributed by atoms with Crippen molar-refractivity contribution in [1.82, 2.24) is 10.6 Å². The summed E-state index contributed by atoms with van der Waals surface area (Å²) in [6, 6.07) is 5.60. The van der Waals surface area contributed by atoms with E-state index in [-0.39, 0.29) is 29.7 Å². The highest BCUT2D eigenvalue weighted by molar-refractivity contribution is 14.0. The Labute approximate surface area is 161 Å². The molecule has 138 valence electrons. The number of guanidine groups is 1. The van der Waals surface area contributed by atoms with Crippen LogP contribution in [0.15, 0.2) is 23.2 Å². The van der Waals surface area contributed by atoms with Crippen molar-refractivity contribution in [2.24, 2.45) is 4.99 Å². The van der Waals surface area contributed by atoms with Gasteiger partial charge < -0.3 is 20.1 Å². The number of ether oxygens (including phenoxy) is 2. The topological polar surface area (TPSA) is 89.0 Å². The third-order valence-corrected chi connectivity index (χ3v) is 3.92. The molecule has 0 aliphatic rings. The van der Waals surface area contributed by atoms with Crippen LogP contribution in [0.25, 0.3) is 0 Å². The fourth-order valence-corrected chi connectivity index (χ4v) is 2.32. The van der Waals surface area contributed by atoms with Gasteiger partial charge in [0.25, 0.3) is 0 Å². The molecule has 0 amide bonds. The second kappa shape index (κ2) is 11.3. The molecular formula is C15H26IN3O4S. The maximum Gasteiger partial charge on any atom is 0.191 e. The first-order valence-electron chi connectivity index (χ1n) is 7.30. The minimum atomic E-state index is -2.99. The number of sulfone groups is 1. The average molecular weight is 471 g/mol. The van der Waals surface area contributed by atoms with Crippen molar-refractivity contribution >= 4 is 39.8 Å². The zero-order valence-electron chi connectivity index (χ0n) is 14.5. The van der Waals surface area contributed by atoms with E-state index in [1.807, 2.05) is 25.1 Å². The van der Waals surface area contributed by atoms with Gasteiger partial charge in [0, 0.05) is 19.3 Å². The molecule has 0 bridgehead atoms. The molecule has 1 aromatic carbocycles. The van der Waals surface area contributed by atoms with Crippen LogP contribution in [0.5, 0.6) is 11.5 Å². The van der Waals surface area contributed by atoms with E-state index in [0.29, 0.717) is 37.1 Å². The second-order valence-electron chi connectivity index (χ2n) is 4.94. The van der Waals surface area contributed by atoms with Crippen LogP contribution >= 0.6 is 24.0 Å². The minimum Gasteiger partial charge on any atom is -0.493 e. The first-order valence-corrected chi connectivity index (χ1v) is 9.36. The molecule has 0 spiro atoms. The van der Waals surface area contributed by atoms with Crippen molar-refractivity contribution < 1.29 is 17.9 Å². The lowest BCUT2D eigenvalue weighted by Gasteiger charge is -2.12. The van der Waals surface area contributed by atoms with E-state index in [9.17, 15) is 8.42 Å². The van der Waals surface area contributed by atoms with Crippen molar-refractivity contribution in [3.8, 4) is 11.5 Å². The van der Waals surface area contributed by atoms with Crippen molar-refractivity contribution in [2.45, 2.75) is 13.5 Å². The van der Waals surface area contributed by atoms with Gasteiger partial charge in [-0.1, -0.05) is 6.07 Å². The first-order chi connectivity index (χ1) is 10.9. The molecule has 0 atom stereocenters. The zero-order chi connectivity index (χ0) is 17.3. The van der Waals surface area contributed by atoms with Crippen molar-refractivity contribution in [1.29, 1.82) is 0 Å². The number of nitrogens with one attached hydrogen (secondary N) is 2.